The first-order valence-electron chi connectivity index (χ1n) is 4.86. The molecule has 0 bridgehead atoms. The van der Waals surface area contributed by atoms with Gasteiger partial charge in [-0.05, 0) is 18.8 Å². The molecule has 0 aromatic carbocycles. The van der Waals surface area contributed by atoms with E-state index < -0.39 is 11.4 Å². The van der Waals surface area contributed by atoms with Crippen molar-refractivity contribution >= 4 is 5.97 Å². The second-order valence-electron chi connectivity index (χ2n) is 4.04. The van der Waals surface area contributed by atoms with Crippen molar-refractivity contribution in [1.82, 2.24) is 0 Å². The molecule has 0 aromatic heterocycles. The van der Waals surface area contributed by atoms with Crippen molar-refractivity contribution in [3.63, 3.8) is 0 Å². The minimum atomic E-state index is -0.693. The molecule has 1 fully saturated rings. The first-order valence-corrected chi connectivity index (χ1v) is 4.86. The Labute approximate surface area is 79.1 Å². The molecule has 13 heavy (non-hydrogen) atoms. The summed E-state index contributed by atoms with van der Waals surface area (Å²) in [5.41, 5.74) is -0.618. The van der Waals surface area contributed by atoms with E-state index in [1.165, 1.54) is 0 Å². The largest absolute Gasteiger partial charge is 0.481 e. The van der Waals surface area contributed by atoms with Crippen LogP contribution in [0.2, 0.25) is 0 Å². The minimum Gasteiger partial charge on any atom is -0.481 e. The Morgan fingerprint density at radius 1 is 1.62 bits per heavy atom. The Morgan fingerprint density at radius 3 is 2.77 bits per heavy atom. The van der Waals surface area contributed by atoms with E-state index in [9.17, 15) is 9.90 Å². The van der Waals surface area contributed by atoms with Crippen molar-refractivity contribution in [3.8, 4) is 0 Å². The van der Waals surface area contributed by atoms with Crippen LogP contribution in [0.15, 0.2) is 0 Å². The summed E-state index contributed by atoms with van der Waals surface area (Å²) in [6.07, 6.45) is 3.94. The maximum Gasteiger partial charge on any atom is 0.312 e. The SMILES string of the molecule is COCC1(C(=O)O)CCCCC1C. The van der Waals surface area contributed by atoms with E-state index in [4.69, 9.17) is 4.74 Å². The zero-order chi connectivity index (χ0) is 9.90. The highest BCUT2D eigenvalue weighted by molar-refractivity contribution is 5.75. The average Bonchev–Trinajstić information content (AvgIpc) is 2.09. The van der Waals surface area contributed by atoms with Crippen LogP contribution in [0.4, 0.5) is 0 Å². The highest BCUT2D eigenvalue weighted by atomic mass is 16.5. The summed E-state index contributed by atoms with van der Waals surface area (Å²) in [4.78, 5) is 11.2. The zero-order valence-electron chi connectivity index (χ0n) is 8.38. The molecule has 0 aliphatic heterocycles. The van der Waals surface area contributed by atoms with Crippen molar-refractivity contribution in [3.05, 3.63) is 0 Å². The van der Waals surface area contributed by atoms with Crippen LogP contribution in [0.25, 0.3) is 0 Å². The Bertz CT molecular complexity index is 187. The lowest BCUT2D eigenvalue weighted by atomic mass is 9.67. The van der Waals surface area contributed by atoms with E-state index in [1.54, 1.807) is 7.11 Å². The van der Waals surface area contributed by atoms with Gasteiger partial charge in [0.05, 0.1) is 12.0 Å². The molecular formula is C10H18O3. The summed E-state index contributed by atoms with van der Waals surface area (Å²) >= 11 is 0. The molecule has 1 aliphatic carbocycles. The first kappa shape index (κ1) is 10.5. The summed E-state index contributed by atoms with van der Waals surface area (Å²) in [5, 5.41) is 9.21. The van der Waals surface area contributed by atoms with Crippen molar-refractivity contribution in [1.29, 1.82) is 0 Å². The minimum absolute atomic E-state index is 0.235. The number of hydrogen-bond acceptors (Lipinski definition) is 2. The van der Waals surface area contributed by atoms with E-state index in [0.29, 0.717) is 6.61 Å². The molecule has 76 valence electrons. The normalized spacial score (nSPS) is 34.5. The van der Waals surface area contributed by atoms with Gasteiger partial charge in [-0.3, -0.25) is 4.79 Å². The standard InChI is InChI=1S/C10H18O3/c1-8-5-3-4-6-10(8,7-13-2)9(11)12/h8H,3-7H2,1-2H3,(H,11,12). The molecule has 1 saturated carbocycles. The van der Waals surface area contributed by atoms with Gasteiger partial charge >= 0.3 is 5.97 Å². The summed E-state index contributed by atoms with van der Waals surface area (Å²) in [7, 11) is 1.58. The van der Waals surface area contributed by atoms with Crippen molar-refractivity contribution in [2.24, 2.45) is 11.3 Å². The zero-order valence-corrected chi connectivity index (χ0v) is 8.38. The van der Waals surface area contributed by atoms with Gasteiger partial charge in [-0.2, -0.15) is 0 Å². The molecule has 1 rings (SSSR count). The lowest BCUT2D eigenvalue weighted by molar-refractivity contribution is -0.159. The van der Waals surface area contributed by atoms with Gasteiger partial charge in [-0.1, -0.05) is 19.8 Å². The first-order chi connectivity index (χ1) is 6.13. The average molecular weight is 186 g/mol. The van der Waals surface area contributed by atoms with Crippen LogP contribution in [0.3, 0.4) is 0 Å². The number of aliphatic carboxylic acids is 1. The molecule has 0 amide bonds. The highest BCUT2D eigenvalue weighted by Crippen LogP contribution is 2.41. The molecule has 0 spiro atoms. The quantitative estimate of drug-likeness (QED) is 0.732. The third kappa shape index (κ3) is 1.85. The summed E-state index contributed by atoms with van der Waals surface area (Å²) in [5.74, 6) is -0.458. The Hall–Kier alpha value is -0.570. The van der Waals surface area contributed by atoms with Crippen LogP contribution in [0.5, 0.6) is 0 Å². The van der Waals surface area contributed by atoms with Crippen LogP contribution in [-0.4, -0.2) is 24.8 Å². The van der Waals surface area contributed by atoms with E-state index in [-0.39, 0.29) is 5.92 Å². The fourth-order valence-corrected chi connectivity index (χ4v) is 2.27. The Kier molecular flexibility index (Phi) is 3.31. The number of methoxy groups -OCH3 is 1. The smallest absolute Gasteiger partial charge is 0.312 e. The maximum atomic E-state index is 11.2. The van der Waals surface area contributed by atoms with Gasteiger partial charge in [0.15, 0.2) is 0 Å². The van der Waals surface area contributed by atoms with E-state index in [2.05, 4.69) is 0 Å². The molecule has 0 aromatic rings. The number of carbonyl (C=O) groups is 1. The van der Waals surface area contributed by atoms with Gasteiger partial charge in [0.2, 0.25) is 0 Å². The fraction of sp³-hybridized carbons (Fsp3) is 0.900. The van der Waals surface area contributed by atoms with Gasteiger partial charge in [-0.15, -0.1) is 0 Å². The molecule has 3 nitrogen and oxygen atoms in total. The van der Waals surface area contributed by atoms with E-state index in [1.807, 2.05) is 6.92 Å². The Balaban J connectivity index is 2.79. The van der Waals surface area contributed by atoms with Gasteiger partial charge in [-0.25, -0.2) is 0 Å². The van der Waals surface area contributed by atoms with Gasteiger partial charge in [0, 0.05) is 7.11 Å². The van der Waals surface area contributed by atoms with Crippen molar-refractivity contribution in [2.75, 3.05) is 13.7 Å². The fourth-order valence-electron chi connectivity index (χ4n) is 2.27. The Morgan fingerprint density at radius 2 is 2.31 bits per heavy atom. The predicted octanol–water partition coefficient (Wildman–Crippen LogP) is 1.91. The van der Waals surface area contributed by atoms with Crippen molar-refractivity contribution < 1.29 is 14.6 Å². The summed E-state index contributed by atoms with van der Waals surface area (Å²) in [6.45, 7) is 2.37. The van der Waals surface area contributed by atoms with Crippen LogP contribution in [0.1, 0.15) is 32.6 Å². The molecule has 0 radical (unpaired) electrons. The molecule has 0 heterocycles. The van der Waals surface area contributed by atoms with Gasteiger partial charge in [0.1, 0.15) is 0 Å². The second kappa shape index (κ2) is 4.09. The van der Waals surface area contributed by atoms with Gasteiger partial charge in [0.25, 0.3) is 0 Å². The van der Waals surface area contributed by atoms with Crippen LogP contribution < -0.4 is 0 Å². The molecule has 0 saturated heterocycles. The summed E-state index contributed by atoms with van der Waals surface area (Å²) in [6, 6.07) is 0. The monoisotopic (exact) mass is 186 g/mol. The highest BCUT2D eigenvalue weighted by Gasteiger charge is 2.44. The second-order valence-corrected chi connectivity index (χ2v) is 4.04. The third-order valence-electron chi connectivity index (χ3n) is 3.28. The number of carboxylic acid groups (broad SMARTS) is 1. The molecule has 1 aliphatic rings. The third-order valence-corrected chi connectivity index (χ3v) is 3.28. The van der Waals surface area contributed by atoms with Crippen LogP contribution in [-0.2, 0) is 9.53 Å². The predicted molar refractivity (Wildman–Crippen MR) is 49.6 cm³/mol. The van der Waals surface area contributed by atoms with E-state index >= 15 is 0 Å². The maximum absolute atomic E-state index is 11.2. The molecule has 2 atom stereocenters. The lowest BCUT2D eigenvalue weighted by Gasteiger charge is -2.38. The van der Waals surface area contributed by atoms with Gasteiger partial charge < -0.3 is 9.84 Å². The molecule has 2 unspecified atom stereocenters. The van der Waals surface area contributed by atoms with E-state index in [0.717, 1.165) is 25.7 Å². The van der Waals surface area contributed by atoms with Crippen LogP contribution in [0, 0.1) is 11.3 Å². The van der Waals surface area contributed by atoms with Crippen molar-refractivity contribution in [2.45, 2.75) is 32.6 Å². The number of carboxylic acids is 1. The van der Waals surface area contributed by atoms with Crippen LogP contribution >= 0.6 is 0 Å². The summed E-state index contributed by atoms with van der Waals surface area (Å²) < 4.78 is 5.04. The topological polar surface area (TPSA) is 46.5 Å². The number of ether oxygens (including phenoxy) is 1. The molecule has 1 N–H and O–H groups in total. The molecule has 3 heteroatoms. The number of hydrogen-bond donors (Lipinski definition) is 1. The lowest BCUT2D eigenvalue weighted by Crippen LogP contribution is -2.43. The molecular weight excluding hydrogens is 168 g/mol. The number of rotatable bonds is 3.